The van der Waals surface area contributed by atoms with E-state index >= 15 is 0 Å². The lowest BCUT2D eigenvalue weighted by Gasteiger charge is -2.20. The van der Waals surface area contributed by atoms with Gasteiger partial charge in [-0.25, -0.2) is 13.1 Å². The highest BCUT2D eigenvalue weighted by molar-refractivity contribution is 7.89. The van der Waals surface area contributed by atoms with Crippen LogP contribution in [0.15, 0.2) is 53.4 Å². The summed E-state index contributed by atoms with van der Waals surface area (Å²) in [5.74, 6) is -0.797. The Balaban J connectivity index is 2.14. The van der Waals surface area contributed by atoms with Crippen LogP contribution < -0.4 is 4.72 Å². The smallest absolute Gasteiger partial charge is 0.303 e. The average Bonchev–Trinajstić information content (AvgIpc) is 2.68. The van der Waals surface area contributed by atoms with E-state index in [-0.39, 0.29) is 17.4 Å². The summed E-state index contributed by atoms with van der Waals surface area (Å²) in [6, 6.07) is 13.5. The number of aryl methyl sites for hydroxylation is 1. The molecule has 0 amide bonds. The van der Waals surface area contributed by atoms with Gasteiger partial charge in [-0.3, -0.25) is 4.79 Å². The van der Waals surface area contributed by atoms with Crippen LogP contribution in [0.2, 0.25) is 5.02 Å². The number of sulfonamides is 1. The molecule has 158 valence electrons. The van der Waals surface area contributed by atoms with Crippen molar-refractivity contribution in [3.8, 4) is 0 Å². The number of aliphatic carboxylic acids is 1. The molecule has 0 saturated heterocycles. The Bertz CT molecular complexity index is 880. The Kier molecular flexibility index (Phi) is 9.14. The topological polar surface area (TPSA) is 83.5 Å². The number of carboxylic acids is 1. The molecule has 7 heteroatoms. The van der Waals surface area contributed by atoms with Gasteiger partial charge in [0.25, 0.3) is 0 Å². The third-order valence-corrected chi connectivity index (χ3v) is 6.50. The summed E-state index contributed by atoms with van der Waals surface area (Å²) in [7, 11) is -3.67. The van der Waals surface area contributed by atoms with Gasteiger partial charge in [0.2, 0.25) is 10.0 Å². The van der Waals surface area contributed by atoms with Crippen LogP contribution in [0.25, 0.3) is 0 Å². The Labute approximate surface area is 178 Å². The number of hydrogen-bond acceptors (Lipinski definition) is 3. The lowest BCUT2D eigenvalue weighted by molar-refractivity contribution is -0.137. The summed E-state index contributed by atoms with van der Waals surface area (Å²) in [5, 5.41) is 9.24. The molecule has 0 radical (unpaired) electrons. The van der Waals surface area contributed by atoms with E-state index in [1.54, 1.807) is 12.1 Å². The van der Waals surface area contributed by atoms with E-state index in [4.69, 9.17) is 16.7 Å². The van der Waals surface area contributed by atoms with Crippen molar-refractivity contribution in [3.63, 3.8) is 0 Å². The maximum atomic E-state index is 12.8. The number of unbranched alkanes of at least 4 members (excludes halogenated alkanes) is 2. The van der Waals surface area contributed by atoms with Crippen LogP contribution in [0, 0.1) is 0 Å². The molecule has 0 saturated carbocycles. The number of rotatable bonds is 12. The third-order valence-electron chi connectivity index (χ3n) is 4.76. The lowest BCUT2D eigenvalue weighted by atomic mass is 9.99. The maximum Gasteiger partial charge on any atom is 0.303 e. The maximum absolute atomic E-state index is 12.8. The number of nitrogens with one attached hydrogen (secondary N) is 1. The summed E-state index contributed by atoms with van der Waals surface area (Å²) in [4.78, 5) is 10.8. The van der Waals surface area contributed by atoms with Crippen molar-refractivity contribution in [2.24, 2.45) is 0 Å². The second-order valence-electron chi connectivity index (χ2n) is 7.11. The molecule has 0 aliphatic heterocycles. The fourth-order valence-electron chi connectivity index (χ4n) is 3.12. The molecule has 1 atom stereocenters. The fraction of sp³-hybridized carbons (Fsp3) is 0.409. The van der Waals surface area contributed by atoms with E-state index in [1.165, 1.54) is 12.1 Å². The van der Waals surface area contributed by atoms with Crippen LogP contribution in [-0.2, 0) is 21.2 Å². The van der Waals surface area contributed by atoms with Gasteiger partial charge in [-0.2, -0.15) is 0 Å². The Morgan fingerprint density at radius 1 is 1.03 bits per heavy atom. The summed E-state index contributed by atoms with van der Waals surface area (Å²) >= 11 is 5.87. The van der Waals surface area contributed by atoms with E-state index in [0.717, 1.165) is 30.4 Å². The number of halogens is 1. The highest BCUT2D eigenvalue weighted by atomic mass is 35.5. The highest BCUT2D eigenvalue weighted by Gasteiger charge is 2.21. The monoisotopic (exact) mass is 437 g/mol. The van der Waals surface area contributed by atoms with Crippen molar-refractivity contribution in [1.29, 1.82) is 0 Å². The Hall–Kier alpha value is -1.89. The molecular formula is C22H28ClNO4S. The molecule has 5 nitrogen and oxygen atoms in total. The van der Waals surface area contributed by atoms with Gasteiger partial charge in [0.15, 0.2) is 0 Å². The quantitative estimate of drug-likeness (QED) is 0.438. The second-order valence-corrected chi connectivity index (χ2v) is 9.26. The van der Waals surface area contributed by atoms with Crippen LogP contribution in [0.4, 0.5) is 0 Å². The molecule has 0 heterocycles. The molecule has 0 spiro atoms. The zero-order valence-electron chi connectivity index (χ0n) is 16.6. The molecule has 0 aliphatic rings. The third kappa shape index (κ3) is 7.80. The predicted octanol–water partition coefficient (Wildman–Crippen LogP) is 5.35. The zero-order valence-corrected chi connectivity index (χ0v) is 18.2. The minimum absolute atomic E-state index is 0.141. The zero-order chi connectivity index (χ0) is 21.3. The van der Waals surface area contributed by atoms with E-state index in [1.807, 2.05) is 24.3 Å². The van der Waals surface area contributed by atoms with Gasteiger partial charge in [0.05, 0.1) is 4.90 Å². The van der Waals surface area contributed by atoms with Crippen molar-refractivity contribution < 1.29 is 18.3 Å². The van der Waals surface area contributed by atoms with Crippen LogP contribution in [-0.4, -0.2) is 19.5 Å². The van der Waals surface area contributed by atoms with Crippen LogP contribution >= 0.6 is 11.6 Å². The Morgan fingerprint density at radius 3 is 2.28 bits per heavy atom. The first-order valence-corrected chi connectivity index (χ1v) is 11.8. The van der Waals surface area contributed by atoms with Crippen molar-refractivity contribution >= 4 is 27.6 Å². The van der Waals surface area contributed by atoms with E-state index in [0.29, 0.717) is 24.3 Å². The minimum atomic E-state index is -3.67. The summed E-state index contributed by atoms with van der Waals surface area (Å²) in [6.07, 6.45) is 5.12. The summed E-state index contributed by atoms with van der Waals surface area (Å²) in [5.41, 5.74) is 1.95. The van der Waals surface area contributed by atoms with Crippen LogP contribution in [0.1, 0.15) is 62.6 Å². The molecule has 2 N–H and O–H groups in total. The number of benzene rings is 2. The predicted molar refractivity (Wildman–Crippen MR) is 116 cm³/mol. The molecule has 0 aromatic heterocycles. The highest BCUT2D eigenvalue weighted by Crippen LogP contribution is 2.24. The molecule has 2 rings (SSSR count). The summed E-state index contributed by atoms with van der Waals surface area (Å²) < 4.78 is 28.5. The largest absolute Gasteiger partial charge is 0.481 e. The number of hydrogen-bond donors (Lipinski definition) is 2. The van der Waals surface area contributed by atoms with Crippen molar-refractivity contribution in [1.82, 2.24) is 4.72 Å². The molecule has 0 unspecified atom stereocenters. The molecule has 2 aromatic carbocycles. The number of carbonyl (C=O) groups is 1. The van der Waals surface area contributed by atoms with E-state index < -0.39 is 16.0 Å². The molecule has 0 aliphatic carbocycles. The fourth-order valence-corrected chi connectivity index (χ4v) is 4.51. The van der Waals surface area contributed by atoms with Crippen molar-refractivity contribution in [3.05, 3.63) is 64.7 Å². The number of carboxylic acid groups (broad SMARTS) is 1. The van der Waals surface area contributed by atoms with Gasteiger partial charge in [-0.15, -0.1) is 0 Å². The SMILES string of the molecule is CCCCC[C@@H](NS(=O)(=O)c1ccc(Cl)cc1)c1ccc(CCCC(=O)O)cc1. The van der Waals surface area contributed by atoms with Gasteiger partial charge >= 0.3 is 5.97 Å². The molecule has 2 aromatic rings. The Morgan fingerprint density at radius 2 is 1.69 bits per heavy atom. The molecule has 0 fully saturated rings. The first-order valence-electron chi connectivity index (χ1n) is 9.90. The molecule has 0 bridgehead atoms. The van der Waals surface area contributed by atoms with E-state index in [9.17, 15) is 13.2 Å². The van der Waals surface area contributed by atoms with E-state index in [2.05, 4.69) is 11.6 Å². The van der Waals surface area contributed by atoms with Gasteiger partial charge < -0.3 is 5.11 Å². The van der Waals surface area contributed by atoms with Gasteiger partial charge in [-0.05, 0) is 54.7 Å². The van der Waals surface area contributed by atoms with Crippen LogP contribution in [0.3, 0.4) is 0 Å². The summed E-state index contributed by atoms with van der Waals surface area (Å²) in [6.45, 7) is 2.11. The first kappa shape index (κ1) is 23.4. The first-order chi connectivity index (χ1) is 13.8. The van der Waals surface area contributed by atoms with Gasteiger partial charge in [0, 0.05) is 17.5 Å². The molecular weight excluding hydrogens is 410 g/mol. The normalized spacial score (nSPS) is 12.6. The minimum Gasteiger partial charge on any atom is -0.481 e. The van der Waals surface area contributed by atoms with Crippen molar-refractivity contribution in [2.75, 3.05) is 0 Å². The van der Waals surface area contributed by atoms with Crippen molar-refractivity contribution in [2.45, 2.75) is 62.8 Å². The second kappa shape index (κ2) is 11.3. The van der Waals surface area contributed by atoms with Gasteiger partial charge in [-0.1, -0.05) is 62.1 Å². The standard InChI is InChI=1S/C22H28ClNO4S/c1-2-3-4-7-21(24-29(27,28)20-15-13-19(23)14-16-20)18-11-9-17(10-12-18)6-5-8-22(25)26/h9-16,21,24H,2-8H2,1H3,(H,25,26)/t21-/m1/s1. The van der Waals surface area contributed by atoms with Crippen LogP contribution in [0.5, 0.6) is 0 Å². The molecule has 29 heavy (non-hydrogen) atoms. The average molecular weight is 438 g/mol. The van der Waals surface area contributed by atoms with Gasteiger partial charge in [0.1, 0.15) is 0 Å². The lowest BCUT2D eigenvalue weighted by Crippen LogP contribution is -2.28.